The number of hydrogen-bond donors (Lipinski definition) is 0. The van der Waals surface area contributed by atoms with Gasteiger partial charge in [0.1, 0.15) is 16.7 Å². The zero-order valence-corrected chi connectivity index (χ0v) is 17.9. The van der Waals surface area contributed by atoms with Crippen molar-refractivity contribution in [2.45, 2.75) is 0 Å². The van der Waals surface area contributed by atoms with Crippen LogP contribution in [0.25, 0.3) is 28.1 Å². The highest BCUT2D eigenvalue weighted by Gasteiger charge is 2.18. The van der Waals surface area contributed by atoms with Crippen molar-refractivity contribution in [1.82, 2.24) is 19.4 Å². The van der Waals surface area contributed by atoms with Crippen LogP contribution in [0.2, 0.25) is 10.0 Å². The van der Waals surface area contributed by atoms with E-state index in [-0.39, 0.29) is 11.4 Å². The number of aliphatic imine (C=N–C) groups is 1. The fourth-order valence-corrected chi connectivity index (χ4v) is 3.84. The summed E-state index contributed by atoms with van der Waals surface area (Å²) in [7, 11) is 2.02. The topological polar surface area (TPSA) is 63.4 Å². The zero-order chi connectivity index (χ0) is 21.5. The number of likely N-dealkylation sites (N-methyl/N-ethyl adjacent to an activating group) is 1. The molecule has 0 radical (unpaired) electrons. The fourth-order valence-electron chi connectivity index (χ4n) is 3.57. The summed E-state index contributed by atoms with van der Waals surface area (Å²) in [6.45, 7) is 1.69. The third-order valence-corrected chi connectivity index (χ3v) is 5.52. The molecule has 6 nitrogen and oxygen atoms in total. The summed E-state index contributed by atoms with van der Waals surface area (Å²) in [5.41, 5.74) is 2.01. The van der Waals surface area contributed by atoms with Gasteiger partial charge in [-0.1, -0.05) is 47.5 Å². The van der Waals surface area contributed by atoms with Gasteiger partial charge in [0, 0.05) is 29.7 Å². The highest BCUT2D eigenvalue weighted by Crippen LogP contribution is 2.24. The molecule has 8 heteroatoms. The lowest BCUT2D eigenvalue weighted by Gasteiger charge is -2.15. The number of amidine groups is 1. The van der Waals surface area contributed by atoms with Crippen molar-refractivity contribution in [3.63, 3.8) is 0 Å². The van der Waals surface area contributed by atoms with Crippen molar-refractivity contribution in [1.29, 1.82) is 0 Å². The van der Waals surface area contributed by atoms with E-state index in [0.29, 0.717) is 26.8 Å². The van der Waals surface area contributed by atoms with Gasteiger partial charge in [0.25, 0.3) is 5.56 Å². The number of hydrogen-bond acceptors (Lipinski definition) is 5. The van der Waals surface area contributed by atoms with Gasteiger partial charge >= 0.3 is 0 Å². The molecule has 3 heterocycles. The molecule has 0 atom stereocenters. The molecule has 1 aliphatic heterocycles. The minimum Gasteiger partial charge on any atom is -0.358 e. The first-order valence-corrected chi connectivity index (χ1v) is 10.3. The van der Waals surface area contributed by atoms with Crippen LogP contribution in [0.5, 0.6) is 0 Å². The first-order valence-electron chi connectivity index (χ1n) is 9.56. The summed E-state index contributed by atoms with van der Waals surface area (Å²) in [6, 6.07) is 18.4. The second-order valence-corrected chi connectivity index (χ2v) is 7.97. The summed E-state index contributed by atoms with van der Waals surface area (Å²) in [5.74, 6) is 1.64. The van der Waals surface area contributed by atoms with Crippen molar-refractivity contribution >= 4 is 39.9 Å². The molecule has 0 amide bonds. The summed E-state index contributed by atoms with van der Waals surface area (Å²) in [4.78, 5) is 29.1. The van der Waals surface area contributed by atoms with Crippen LogP contribution >= 0.6 is 23.2 Å². The molecular formula is C23H15Cl2N5O. The van der Waals surface area contributed by atoms with Crippen LogP contribution in [0.15, 0.2) is 58.4 Å². The Bertz CT molecular complexity index is 1380. The highest BCUT2D eigenvalue weighted by atomic mass is 35.5. The van der Waals surface area contributed by atoms with E-state index in [1.54, 1.807) is 18.2 Å². The maximum absolute atomic E-state index is 13.4. The summed E-state index contributed by atoms with van der Waals surface area (Å²) in [5, 5.41) is 1.15. The molecule has 1 aliphatic rings. The first-order chi connectivity index (χ1) is 15.0. The second-order valence-electron chi connectivity index (χ2n) is 7.12. The van der Waals surface area contributed by atoms with E-state index < -0.39 is 0 Å². The lowest BCUT2D eigenvalue weighted by Crippen LogP contribution is -2.23. The molecule has 5 rings (SSSR count). The number of fused-ring (bicyclic) bond motifs is 1. The van der Waals surface area contributed by atoms with Crippen LogP contribution in [0, 0.1) is 12.1 Å². The lowest BCUT2D eigenvalue weighted by molar-refractivity contribution is 0.557. The standard InChI is InChI=1S/C23H15Cl2N5O/c1-29-11-10-26-21(29)14-2-4-15(5-3-14)22-28-19-8-6-16(24)12-18(19)23(31)30(22)20-9-7-17(25)13-27-20/h2-6,8,12-13H,10-11H2,1H3. The van der Waals surface area contributed by atoms with Crippen molar-refractivity contribution in [3.8, 4) is 17.2 Å². The Morgan fingerprint density at radius 3 is 2.48 bits per heavy atom. The second kappa shape index (κ2) is 7.69. The van der Waals surface area contributed by atoms with Gasteiger partial charge in [0.2, 0.25) is 0 Å². The van der Waals surface area contributed by atoms with E-state index in [9.17, 15) is 4.79 Å². The maximum Gasteiger partial charge on any atom is 0.268 e. The Kier molecular flexibility index (Phi) is 4.85. The molecule has 2 aromatic carbocycles. The number of halogens is 2. The van der Waals surface area contributed by atoms with Crippen LogP contribution in [0.3, 0.4) is 0 Å². The van der Waals surface area contributed by atoms with E-state index in [2.05, 4.69) is 27.0 Å². The third kappa shape index (κ3) is 3.52. The molecule has 2 aromatic heterocycles. The molecule has 0 bridgehead atoms. The molecule has 31 heavy (non-hydrogen) atoms. The highest BCUT2D eigenvalue weighted by molar-refractivity contribution is 6.31. The lowest BCUT2D eigenvalue weighted by atomic mass is 10.1. The van der Waals surface area contributed by atoms with Gasteiger partial charge in [-0.05, 0) is 30.3 Å². The Balaban J connectivity index is 1.72. The number of aromatic nitrogens is 3. The van der Waals surface area contributed by atoms with E-state index in [1.165, 1.54) is 10.8 Å². The third-order valence-electron chi connectivity index (χ3n) is 5.10. The average molecular weight is 448 g/mol. The van der Waals surface area contributed by atoms with Crippen LogP contribution < -0.4 is 5.56 Å². The van der Waals surface area contributed by atoms with Crippen LogP contribution in [0.4, 0.5) is 0 Å². The molecular weight excluding hydrogens is 433 g/mol. The smallest absolute Gasteiger partial charge is 0.268 e. The first kappa shape index (κ1) is 19.6. The number of rotatable bonds is 3. The predicted octanol–water partition coefficient (Wildman–Crippen LogP) is 4.05. The molecule has 0 saturated carbocycles. The van der Waals surface area contributed by atoms with Gasteiger partial charge < -0.3 is 4.90 Å². The maximum atomic E-state index is 13.4. The predicted molar refractivity (Wildman–Crippen MR) is 122 cm³/mol. The summed E-state index contributed by atoms with van der Waals surface area (Å²) < 4.78 is 1.40. The molecule has 0 unspecified atom stereocenters. The van der Waals surface area contributed by atoms with Gasteiger partial charge in [-0.15, -0.1) is 0 Å². The molecule has 0 fully saturated rings. The fraction of sp³-hybridized carbons (Fsp3) is 0.130. The van der Waals surface area contributed by atoms with Gasteiger partial charge in [-0.3, -0.25) is 9.79 Å². The summed E-state index contributed by atoms with van der Waals surface area (Å²) in [6.07, 6.45) is 1.42. The Morgan fingerprint density at radius 1 is 1.03 bits per heavy atom. The monoisotopic (exact) mass is 447 g/mol. The van der Waals surface area contributed by atoms with Gasteiger partial charge in [0.05, 0.1) is 23.6 Å². The molecule has 0 aliphatic carbocycles. The molecule has 0 spiro atoms. The quantitative estimate of drug-likeness (QED) is 0.475. The number of nitrogens with zero attached hydrogens (tertiary/aromatic N) is 5. The SMILES string of the molecule is CN1CCN=C1c1ccc(-c2nc3ccc(Cl)cc3c(=O)n2-c2c#cc(Cl)cn2)cc1. The minimum atomic E-state index is -0.300. The summed E-state index contributed by atoms with van der Waals surface area (Å²) >= 11 is 12.0. The Labute approximate surface area is 188 Å². The molecule has 0 N–H and O–H groups in total. The van der Waals surface area contributed by atoms with Crippen LogP contribution in [0.1, 0.15) is 5.56 Å². The Morgan fingerprint density at radius 2 is 1.81 bits per heavy atom. The van der Waals surface area contributed by atoms with Crippen molar-refractivity contribution in [2.24, 2.45) is 4.99 Å². The van der Waals surface area contributed by atoms with Gasteiger partial charge in [-0.25, -0.2) is 14.5 Å². The normalized spacial score (nSPS) is 13.4. The largest absolute Gasteiger partial charge is 0.358 e. The molecule has 152 valence electrons. The van der Waals surface area contributed by atoms with E-state index in [4.69, 9.17) is 28.2 Å². The Hall–Kier alpha value is -3.40. The van der Waals surface area contributed by atoms with Crippen LogP contribution in [-0.2, 0) is 0 Å². The van der Waals surface area contributed by atoms with Crippen molar-refractivity contribution in [3.05, 3.63) is 86.8 Å². The van der Waals surface area contributed by atoms with E-state index in [1.807, 2.05) is 31.3 Å². The molecule has 4 aromatic rings. The van der Waals surface area contributed by atoms with E-state index >= 15 is 0 Å². The van der Waals surface area contributed by atoms with Crippen molar-refractivity contribution in [2.75, 3.05) is 20.1 Å². The minimum absolute atomic E-state index is 0.253. The average Bonchev–Trinajstić information content (AvgIpc) is 3.21. The number of benzene rings is 2. The van der Waals surface area contributed by atoms with Crippen molar-refractivity contribution < 1.29 is 0 Å². The van der Waals surface area contributed by atoms with Crippen LogP contribution in [-0.4, -0.2) is 45.4 Å². The van der Waals surface area contributed by atoms with E-state index in [0.717, 1.165) is 30.1 Å². The van der Waals surface area contributed by atoms with Gasteiger partial charge in [0.15, 0.2) is 5.82 Å². The molecule has 0 saturated heterocycles. The van der Waals surface area contributed by atoms with Gasteiger partial charge in [-0.2, -0.15) is 0 Å². The zero-order valence-electron chi connectivity index (χ0n) is 16.4.